The summed E-state index contributed by atoms with van der Waals surface area (Å²) in [7, 11) is 0. The van der Waals surface area contributed by atoms with Gasteiger partial charge in [0.15, 0.2) is 0 Å². The summed E-state index contributed by atoms with van der Waals surface area (Å²) in [6.07, 6.45) is -1.14. The molecule has 0 aliphatic rings. The van der Waals surface area contributed by atoms with E-state index in [0.717, 1.165) is 0 Å². The predicted molar refractivity (Wildman–Crippen MR) is 44.7 cm³/mol. The van der Waals surface area contributed by atoms with Crippen molar-refractivity contribution >= 4 is 6.09 Å². The van der Waals surface area contributed by atoms with Gasteiger partial charge in [0.1, 0.15) is 0 Å². The van der Waals surface area contributed by atoms with Gasteiger partial charge in [-0.3, -0.25) is 0 Å². The third kappa shape index (κ3) is 4.92. The molecule has 0 aromatic carbocycles. The summed E-state index contributed by atoms with van der Waals surface area (Å²) >= 11 is 0. The number of nitrogens with one attached hydrogen (secondary N) is 1. The van der Waals surface area contributed by atoms with Crippen LogP contribution >= 0.6 is 0 Å². The molecule has 0 aromatic rings. The van der Waals surface area contributed by atoms with E-state index in [1.165, 1.54) is 0 Å². The normalized spacial score (nSPS) is 15.0. The highest BCUT2D eigenvalue weighted by Crippen LogP contribution is 1.86. The lowest BCUT2D eigenvalue weighted by molar-refractivity contribution is 0.140. The minimum atomic E-state index is -0.632. The first-order valence-corrected chi connectivity index (χ1v) is 3.92. The van der Waals surface area contributed by atoms with Crippen molar-refractivity contribution in [3.05, 3.63) is 0 Å². The summed E-state index contributed by atoms with van der Waals surface area (Å²) in [5, 5.41) is 11.4. The minimum Gasteiger partial charge on any atom is -0.450 e. The van der Waals surface area contributed by atoms with Crippen molar-refractivity contribution in [1.29, 1.82) is 0 Å². The highest BCUT2D eigenvalue weighted by molar-refractivity contribution is 5.67. The van der Waals surface area contributed by atoms with Crippen LogP contribution in [-0.2, 0) is 4.74 Å². The largest absolute Gasteiger partial charge is 0.450 e. The third-order valence-electron chi connectivity index (χ3n) is 1.38. The van der Waals surface area contributed by atoms with Gasteiger partial charge in [0.25, 0.3) is 0 Å². The number of ether oxygens (including phenoxy) is 1. The fourth-order valence-electron chi connectivity index (χ4n) is 0.554. The molecule has 0 radical (unpaired) electrons. The minimum absolute atomic E-state index is 0.219. The summed E-state index contributed by atoms with van der Waals surface area (Å²) < 4.78 is 4.58. The Morgan fingerprint density at radius 1 is 1.75 bits per heavy atom. The lowest BCUT2D eigenvalue weighted by atomic mass is 10.2. The number of carbonyl (C=O) groups is 1. The Balaban J connectivity index is 3.47. The Morgan fingerprint density at radius 2 is 2.33 bits per heavy atom. The van der Waals surface area contributed by atoms with Crippen LogP contribution in [-0.4, -0.2) is 36.5 Å². The molecule has 5 nitrogen and oxygen atoms in total. The van der Waals surface area contributed by atoms with Crippen molar-refractivity contribution < 1.29 is 14.6 Å². The van der Waals surface area contributed by atoms with E-state index >= 15 is 0 Å². The van der Waals surface area contributed by atoms with Gasteiger partial charge < -0.3 is 20.9 Å². The number of aliphatic hydroxyl groups is 1. The predicted octanol–water partition coefficient (Wildman–Crippen LogP) is -0.559. The first-order valence-electron chi connectivity index (χ1n) is 3.92. The maximum absolute atomic E-state index is 10.7. The molecule has 0 rings (SSSR count). The smallest absolute Gasteiger partial charge is 0.407 e. The number of alkyl carbamates (subject to hydrolysis) is 1. The Labute approximate surface area is 71.9 Å². The average Bonchev–Trinajstić information content (AvgIpc) is 2.00. The SMILES string of the molecule is CCOC(=O)NCC(N)C(C)O. The van der Waals surface area contributed by atoms with Crippen LogP contribution < -0.4 is 11.1 Å². The zero-order valence-corrected chi connectivity index (χ0v) is 7.41. The standard InChI is InChI=1S/C7H16N2O3/c1-3-12-7(11)9-4-6(8)5(2)10/h5-6,10H,3-4,8H2,1-2H3,(H,9,11). The maximum atomic E-state index is 10.7. The van der Waals surface area contributed by atoms with Crippen LogP contribution in [0.5, 0.6) is 0 Å². The van der Waals surface area contributed by atoms with Crippen LogP contribution in [0, 0.1) is 0 Å². The second-order valence-corrected chi connectivity index (χ2v) is 2.51. The van der Waals surface area contributed by atoms with E-state index in [-0.39, 0.29) is 6.54 Å². The Hall–Kier alpha value is -0.810. The van der Waals surface area contributed by atoms with E-state index in [4.69, 9.17) is 10.8 Å². The van der Waals surface area contributed by atoms with Crippen LogP contribution in [0.25, 0.3) is 0 Å². The van der Waals surface area contributed by atoms with Gasteiger partial charge >= 0.3 is 6.09 Å². The molecule has 0 heterocycles. The highest BCUT2D eigenvalue weighted by Gasteiger charge is 2.10. The number of carbonyl (C=O) groups excluding carboxylic acids is 1. The number of nitrogens with two attached hydrogens (primary N) is 1. The molecule has 5 heteroatoms. The molecule has 4 N–H and O–H groups in total. The molecule has 0 aliphatic carbocycles. The molecule has 0 fully saturated rings. The van der Waals surface area contributed by atoms with E-state index in [2.05, 4.69) is 10.1 Å². The van der Waals surface area contributed by atoms with Gasteiger partial charge in [-0.1, -0.05) is 0 Å². The second kappa shape index (κ2) is 5.79. The molecular weight excluding hydrogens is 160 g/mol. The Bertz CT molecular complexity index is 139. The number of amides is 1. The topological polar surface area (TPSA) is 84.6 Å². The monoisotopic (exact) mass is 176 g/mol. The van der Waals surface area contributed by atoms with Gasteiger partial charge in [-0.15, -0.1) is 0 Å². The van der Waals surface area contributed by atoms with Crippen LogP contribution in [0.4, 0.5) is 4.79 Å². The fourth-order valence-corrected chi connectivity index (χ4v) is 0.554. The van der Waals surface area contributed by atoms with Gasteiger partial charge in [0, 0.05) is 12.6 Å². The molecule has 2 atom stereocenters. The lowest BCUT2D eigenvalue weighted by Crippen LogP contribution is -2.43. The number of hydrogen-bond acceptors (Lipinski definition) is 4. The maximum Gasteiger partial charge on any atom is 0.407 e. The number of rotatable bonds is 4. The molecule has 2 unspecified atom stereocenters. The number of hydrogen-bond donors (Lipinski definition) is 3. The highest BCUT2D eigenvalue weighted by atomic mass is 16.5. The first-order chi connectivity index (χ1) is 5.57. The van der Waals surface area contributed by atoms with E-state index in [1.54, 1.807) is 13.8 Å². The van der Waals surface area contributed by atoms with Crippen LogP contribution in [0.3, 0.4) is 0 Å². The summed E-state index contributed by atoms with van der Waals surface area (Å²) in [5.74, 6) is 0. The molecule has 72 valence electrons. The summed E-state index contributed by atoms with van der Waals surface area (Å²) in [4.78, 5) is 10.7. The first kappa shape index (κ1) is 11.2. The van der Waals surface area contributed by atoms with Crippen molar-refractivity contribution in [2.75, 3.05) is 13.2 Å². The summed E-state index contributed by atoms with van der Waals surface area (Å²) in [6.45, 7) is 3.83. The lowest BCUT2D eigenvalue weighted by Gasteiger charge is -2.14. The fraction of sp³-hybridized carbons (Fsp3) is 0.857. The van der Waals surface area contributed by atoms with Crippen LogP contribution in [0.15, 0.2) is 0 Å². The Morgan fingerprint density at radius 3 is 2.75 bits per heavy atom. The van der Waals surface area contributed by atoms with Crippen molar-refractivity contribution in [1.82, 2.24) is 5.32 Å². The van der Waals surface area contributed by atoms with E-state index in [1.807, 2.05) is 0 Å². The van der Waals surface area contributed by atoms with Crippen LogP contribution in [0.2, 0.25) is 0 Å². The number of aliphatic hydroxyl groups excluding tert-OH is 1. The molecule has 0 bridgehead atoms. The molecular formula is C7H16N2O3. The van der Waals surface area contributed by atoms with Crippen molar-refractivity contribution in [2.24, 2.45) is 5.73 Å². The van der Waals surface area contributed by atoms with Gasteiger partial charge in [0.2, 0.25) is 0 Å². The zero-order chi connectivity index (χ0) is 9.56. The average molecular weight is 176 g/mol. The zero-order valence-electron chi connectivity index (χ0n) is 7.41. The van der Waals surface area contributed by atoms with E-state index in [9.17, 15) is 4.79 Å². The Kier molecular flexibility index (Phi) is 5.40. The quantitative estimate of drug-likeness (QED) is 0.536. The molecule has 0 aromatic heterocycles. The van der Waals surface area contributed by atoms with Crippen LogP contribution in [0.1, 0.15) is 13.8 Å². The summed E-state index contributed by atoms with van der Waals surface area (Å²) in [5.41, 5.74) is 5.44. The van der Waals surface area contributed by atoms with Crippen molar-refractivity contribution in [3.8, 4) is 0 Å². The molecule has 12 heavy (non-hydrogen) atoms. The second-order valence-electron chi connectivity index (χ2n) is 2.51. The molecule has 0 spiro atoms. The van der Waals surface area contributed by atoms with Crippen molar-refractivity contribution in [3.63, 3.8) is 0 Å². The van der Waals surface area contributed by atoms with Gasteiger partial charge in [0.05, 0.1) is 12.7 Å². The van der Waals surface area contributed by atoms with Crippen molar-refractivity contribution in [2.45, 2.75) is 26.0 Å². The molecule has 1 amide bonds. The molecule has 0 saturated carbocycles. The molecule has 0 saturated heterocycles. The van der Waals surface area contributed by atoms with E-state index in [0.29, 0.717) is 6.61 Å². The van der Waals surface area contributed by atoms with Gasteiger partial charge in [-0.25, -0.2) is 4.79 Å². The van der Waals surface area contributed by atoms with Gasteiger partial charge in [-0.05, 0) is 13.8 Å². The van der Waals surface area contributed by atoms with E-state index < -0.39 is 18.2 Å². The summed E-state index contributed by atoms with van der Waals surface area (Å²) in [6, 6.07) is -0.450. The third-order valence-corrected chi connectivity index (χ3v) is 1.38. The molecule has 0 aliphatic heterocycles. The van der Waals surface area contributed by atoms with Gasteiger partial charge in [-0.2, -0.15) is 0 Å².